The van der Waals surface area contributed by atoms with Gasteiger partial charge < -0.3 is 21.9 Å². The van der Waals surface area contributed by atoms with Gasteiger partial charge in [-0.3, -0.25) is 0 Å². The van der Waals surface area contributed by atoms with E-state index in [9.17, 15) is 0 Å². The summed E-state index contributed by atoms with van der Waals surface area (Å²) in [5, 5.41) is 0. The van der Waals surface area contributed by atoms with Crippen molar-refractivity contribution in [2.75, 3.05) is 26.4 Å². The lowest BCUT2D eigenvalue weighted by Crippen LogP contribution is -3.00. The summed E-state index contributed by atoms with van der Waals surface area (Å²) in [6, 6.07) is 0. The SMILES string of the molecule is CCOCC.CCOCC.[Cl-]. The Balaban J connectivity index is -0.000000107. The van der Waals surface area contributed by atoms with E-state index in [1.807, 2.05) is 27.7 Å². The average Bonchev–Trinajstić information content (AvgIpc) is 1.93. The number of halogens is 1. The van der Waals surface area contributed by atoms with E-state index in [1.165, 1.54) is 0 Å². The number of rotatable bonds is 4. The van der Waals surface area contributed by atoms with Crippen LogP contribution in [0.2, 0.25) is 0 Å². The van der Waals surface area contributed by atoms with Crippen molar-refractivity contribution < 1.29 is 21.9 Å². The molecule has 0 spiro atoms. The summed E-state index contributed by atoms with van der Waals surface area (Å²) in [6.07, 6.45) is 0. The lowest BCUT2D eigenvalue weighted by Gasteiger charge is -1.86. The van der Waals surface area contributed by atoms with Gasteiger partial charge in [0.1, 0.15) is 0 Å². The first-order valence-corrected chi connectivity index (χ1v) is 3.98. The highest BCUT2D eigenvalue weighted by molar-refractivity contribution is 4.07. The van der Waals surface area contributed by atoms with Gasteiger partial charge in [0.25, 0.3) is 0 Å². The maximum Gasteiger partial charge on any atom is 0.0437 e. The van der Waals surface area contributed by atoms with Gasteiger partial charge in [-0.1, -0.05) is 0 Å². The molecule has 0 aliphatic carbocycles. The van der Waals surface area contributed by atoms with Crippen LogP contribution in [0.4, 0.5) is 0 Å². The van der Waals surface area contributed by atoms with E-state index >= 15 is 0 Å². The van der Waals surface area contributed by atoms with Crippen LogP contribution in [0.15, 0.2) is 0 Å². The quantitative estimate of drug-likeness (QED) is 0.562. The van der Waals surface area contributed by atoms with Gasteiger partial charge in [-0.25, -0.2) is 0 Å². The molecule has 0 aliphatic heterocycles. The molecule has 0 aliphatic rings. The molecule has 0 atom stereocenters. The predicted octanol–water partition coefficient (Wildman–Crippen LogP) is -0.910. The molecule has 0 radical (unpaired) electrons. The molecule has 0 unspecified atom stereocenters. The Labute approximate surface area is 76.7 Å². The van der Waals surface area contributed by atoms with Gasteiger partial charge in [0, 0.05) is 26.4 Å². The fourth-order valence-corrected chi connectivity index (χ4v) is 0.408. The number of hydrogen-bond acceptors (Lipinski definition) is 2. The molecule has 0 saturated carbocycles. The van der Waals surface area contributed by atoms with E-state index in [2.05, 4.69) is 0 Å². The summed E-state index contributed by atoms with van der Waals surface area (Å²) in [7, 11) is 0. The van der Waals surface area contributed by atoms with E-state index in [0.29, 0.717) is 0 Å². The summed E-state index contributed by atoms with van der Waals surface area (Å²) >= 11 is 0. The predicted molar refractivity (Wildman–Crippen MR) is 44.3 cm³/mol. The lowest BCUT2D eigenvalue weighted by molar-refractivity contribution is -0.00000423. The topological polar surface area (TPSA) is 18.5 Å². The van der Waals surface area contributed by atoms with Crippen molar-refractivity contribution in [2.24, 2.45) is 0 Å². The van der Waals surface area contributed by atoms with Crippen molar-refractivity contribution in [3.05, 3.63) is 0 Å². The minimum atomic E-state index is 0. The van der Waals surface area contributed by atoms with Crippen molar-refractivity contribution in [3.63, 3.8) is 0 Å². The van der Waals surface area contributed by atoms with Gasteiger partial charge in [0.05, 0.1) is 0 Å². The zero-order valence-electron chi connectivity index (χ0n) is 8.02. The van der Waals surface area contributed by atoms with E-state index < -0.39 is 0 Å². The number of ether oxygens (including phenoxy) is 2. The zero-order valence-corrected chi connectivity index (χ0v) is 8.78. The first-order valence-electron chi connectivity index (χ1n) is 3.98. The Morgan fingerprint density at radius 1 is 0.636 bits per heavy atom. The molecule has 0 aromatic carbocycles. The molecule has 0 aromatic rings. The Kier molecular flexibility index (Phi) is 35.4. The number of hydrogen-bond donors (Lipinski definition) is 0. The largest absolute Gasteiger partial charge is 1.00 e. The Morgan fingerprint density at radius 3 is 0.818 bits per heavy atom. The monoisotopic (exact) mass is 183 g/mol. The smallest absolute Gasteiger partial charge is 0.0437 e. The fraction of sp³-hybridized carbons (Fsp3) is 1.00. The van der Waals surface area contributed by atoms with Gasteiger partial charge >= 0.3 is 0 Å². The summed E-state index contributed by atoms with van der Waals surface area (Å²) < 4.78 is 9.67. The second-order valence-corrected chi connectivity index (χ2v) is 1.56. The Bertz CT molecular complexity index is 33.1. The third kappa shape index (κ3) is 38.8. The van der Waals surface area contributed by atoms with Crippen molar-refractivity contribution in [2.45, 2.75) is 27.7 Å². The van der Waals surface area contributed by atoms with E-state index in [-0.39, 0.29) is 12.4 Å². The molecular weight excluding hydrogens is 164 g/mol. The van der Waals surface area contributed by atoms with Crippen molar-refractivity contribution in [1.82, 2.24) is 0 Å². The van der Waals surface area contributed by atoms with Crippen LogP contribution in [0.25, 0.3) is 0 Å². The lowest BCUT2D eigenvalue weighted by atomic mass is 10.8. The van der Waals surface area contributed by atoms with E-state index in [4.69, 9.17) is 9.47 Å². The Hall–Kier alpha value is 0.210. The molecule has 11 heavy (non-hydrogen) atoms. The molecule has 0 N–H and O–H groups in total. The van der Waals surface area contributed by atoms with Crippen molar-refractivity contribution in [3.8, 4) is 0 Å². The first-order chi connectivity index (χ1) is 4.83. The summed E-state index contributed by atoms with van der Waals surface area (Å²) in [4.78, 5) is 0. The average molecular weight is 184 g/mol. The molecule has 72 valence electrons. The normalized spacial score (nSPS) is 7.64. The summed E-state index contributed by atoms with van der Waals surface area (Å²) in [6.45, 7) is 11.3. The van der Waals surface area contributed by atoms with Crippen LogP contribution in [-0.4, -0.2) is 26.4 Å². The molecule has 0 aromatic heterocycles. The summed E-state index contributed by atoms with van der Waals surface area (Å²) in [5.74, 6) is 0. The minimum Gasteiger partial charge on any atom is -1.00 e. The molecule has 0 fully saturated rings. The zero-order chi connectivity index (χ0) is 8.24. The van der Waals surface area contributed by atoms with Crippen LogP contribution < -0.4 is 12.4 Å². The molecule has 2 nitrogen and oxygen atoms in total. The molecule has 0 bridgehead atoms. The second-order valence-electron chi connectivity index (χ2n) is 1.56. The second kappa shape index (κ2) is 22.5. The Morgan fingerprint density at radius 2 is 0.818 bits per heavy atom. The third-order valence-corrected chi connectivity index (χ3v) is 0.816. The van der Waals surface area contributed by atoms with Gasteiger partial charge in [-0.2, -0.15) is 0 Å². The standard InChI is InChI=1S/2C4H10O.ClH/c2*1-3-5-4-2;/h2*3-4H2,1-2H3;1H/p-1. The highest BCUT2D eigenvalue weighted by Gasteiger charge is 1.64. The van der Waals surface area contributed by atoms with Crippen LogP contribution in [0.1, 0.15) is 27.7 Å². The van der Waals surface area contributed by atoms with E-state index in [0.717, 1.165) is 26.4 Å². The van der Waals surface area contributed by atoms with Gasteiger partial charge in [0.2, 0.25) is 0 Å². The maximum atomic E-state index is 4.83. The van der Waals surface area contributed by atoms with Crippen molar-refractivity contribution >= 4 is 0 Å². The molecule has 3 heteroatoms. The third-order valence-electron chi connectivity index (χ3n) is 0.816. The first kappa shape index (κ1) is 17.3. The van der Waals surface area contributed by atoms with Gasteiger partial charge in [-0.15, -0.1) is 0 Å². The molecule has 0 heterocycles. The fourth-order valence-electron chi connectivity index (χ4n) is 0.408. The van der Waals surface area contributed by atoms with Gasteiger partial charge in [-0.05, 0) is 27.7 Å². The molecule has 0 rings (SSSR count). The van der Waals surface area contributed by atoms with Crippen LogP contribution in [-0.2, 0) is 9.47 Å². The van der Waals surface area contributed by atoms with Crippen LogP contribution in [0.3, 0.4) is 0 Å². The molecule has 0 saturated heterocycles. The highest BCUT2D eigenvalue weighted by Crippen LogP contribution is 1.64. The maximum absolute atomic E-state index is 4.83. The van der Waals surface area contributed by atoms with Crippen LogP contribution in [0.5, 0.6) is 0 Å². The molecular formula is C8H20ClO2-. The van der Waals surface area contributed by atoms with E-state index in [1.54, 1.807) is 0 Å². The van der Waals surface area contributed by atoms with Gasteiger partial charge in [0.15, 0.2) is 0 Å². The van der Waals surface area contributed by atoms with Crippen LogP contribution >= 0.6 is 0 Å². The van der Waals surface area contributed by atoms with Crippen LogP contribution in [0, 0.1) is 0 Å². The van der Waals surface area contributed by atoms with Crippen molar-refractivity contribution in [1.29, 1.82) is 0 Å². The highest BCUT2D eigenvalue weighted by atomic mass is 35.5. The minimum absolute atomic E-state index is 0. The molecule has 0 amide bonds. The summed E-state index contributed by atoms with van der Waals surface area (Å²) in [5.41, 5.74) is 0.